The van der Waals surface area contributed by atoms with Gasteiger partial charge in [0.25, 0.3) is 5.91 Å². The van der Waals surface area contributed by atoms with E-state index in [0.29, 0.717) is 11.1 Å². The van der Waals surface area contributed by atoms with Gasteiger partial charge in [-0.3, -0.25) is 4.79 Å². The van der Waals surface area contributed by atoms with Crippen LogP contribution in [0.3, 0.4) is 0 Å². The van der Waals surface area contributed by atoms with Crippen LogP contribution in [0.4, 0.5) is 11.1 Å². The highest BCUT2D eigenvalue weighted by molar-refractivity contribution is 7.14. The Bertz CT molecular complexity index is 469. The number of primary amides is 1. The summed E-state index contributed by atoms with van der Waals surface area (Å²) in [7, 11) is 0. The van der Waals surface area contributed by atoms with Crippen molar-refractivity contribution in [1.29, 1.82) is 0 Å². The highest BCUT2D eigenvalue weighted by Crippen LogP contribution is 2.17. The van der Waals surface area contributed by atoms with Gasteiger partial charge in [0.05, 0.1) is 0 Å². The summed E-state index contributed by atoms with van der Waals surface area (Å²) in [6.45, 7) is 0. The number of rotatable bonds is 3. The van der Waals surface area contributed by atoms with Gasteiger partial charge >= 0.3 is 0 Å². The molecule has 3 N–H and O–H groups in total. The van der Waals surface area contributed by atoms with Crippen molar-refractivity contribution in [3.63, 3.8) is 0 Å². The number of nitrogens with one attached hydrogen (secondary N) is 1. The van der Waals surface area contributed by atoms with E-state index in [4.69, 9.17) is 5.73 Å². The molecule has 2 aromatic heterocycles. The summed E-state index contributed by atoms with van der Waals surface area (Å²) >= 11 is 1.27. The maximum Gasteiger partial charge on any atom is 0.268 e. The highest BCUT2D eigenvalue weighted by Gasteiger charge is 2.07. The Morgan fingerprint density at radius 2 is 2.13 bits per heavy atom. The molecule has 0 unspecified atom stereocenters. The molecular weight excluding hydrogens is 214 g/mol. The van der Waals surface area contributed by atoms with Gasteiger partial charge in [-0.05, 0) is 6.07 Å². The first-order chi connectivity index (χ1) is 7.25. The molecule has 2 aromatic rings. The average Bonchev–Trinajstić information content (AvgIpc) is 2.68. The van der Waals surface area contributed by atoms with Crippen LogP contribution < -0.4 is 11.1 Å². The molecule has 0 aliphatic heterocycles. The summed E-state index contributed by atoms with van der Waals surface area (Å²) in [4.78, 5) is 22.6. The largest absolute Gasteiger partial charge is 0.364 e. The summed E-state index contributed by atoms with van der Waals surface area (Å²) in [5, 5.41) is 4.97. The third-order valence-corrected chi connectivity index (χ3v) is 2.30. The van der Waals surface area contributed by atoms with E-state index >= 15 is 0 Å². The molecule has 2 heterocycles. The van der Waals surface area contributed by atoms with Crippen LogP contribution in [-0.2, 0) is 0 Å². The van der Waals surface area contributed by atoms with Gasteiger partial charge in [-0.25, -0.2) is 15.0 Å². The number of hydrogen-bond acceptors (Lipinski definition) is 6. The second-order valence-electron chi connectivity index (χ2n) is 2.60. The Morgan fingerprint density at radius 1 is 1.40 bits per heavy atom. The number of aromatic nitrogens is 3. The molecule has 0 spiro atoms. The number of carbonyl (C=O) groups excluding carboxylic acids is 1. The lowest BCUT2D eigenvalue weighted by molar-refractivity contribution is 0.0996. The number of thiazole rings is 1. The lowest BCUT2D eigenvalue weighted by Gasteiger charge is -1.97. The fourth-order valence-electron chi connectivity index (χ4n) is 0.904. The molecule has 0 fully saturated rings. The van der Waals surface area contributed by atoms with Crippen LogP contribution >= 0.6 is 11.3 Å². The Hall–Kier alpha value is -2.02. The second kappa shape index (κ2) is 4.01. The van der Waals surface area contributed by atoms with E-state index in [1.54, 1.807) is 23.8 Å². The normalized spacial score (nSPS) is 9.87. The third kappa shape index (κ3) is 2.26. The number of amides is 1. The minimum absolute atomic E-state index is 0.235. The van der Waals surface area contributed by atoms with Crippen molar-refractivity contribution in [1.82, 2.24) is 15.0 Å². The van der Waals surface area contributed by atoms with Gasteiger partial charge in [0.2, 0.25) is 5.95 Å². The first kappa shape index (κ1) is 9.53. The zero-order chi connectivity index (χ0) is 10.7. The molecule has 15 heavy (non-hydrogen) atoms. The quantitative estimate of drug-likeness (QED) is 0.798. The van der Waals surface area contributed by atoms with E-state index in [9.17, 15) is 4.79 Å². The maximum absolute atomic E-state index is 10.8. The van der Waals surface area contributed by atoms with E-state index in [2.05, 4.69) is 20.3 Å². The zero-order valence-corrected chi connectivity index (χ0v) is 8.36. The summed E-state index contributed by atoms with van der Waals surface area (Å²) in [6.07, 6.45) is 3.22. The van der Waals surface area contributed by atoms with Gasteiger partial charge in [-0.15, -0.1) is 11.3 Å². The molecule has 0 atom stereocenters. The van der Waals surface area contributed by atoms with Gasteiger partial charge < -0.3 is 11.1 Å². The molecule has 0 aliphatic carbocycles. The topological polar surface area (TPSA) is 93.8 Å². The zero-order valence-electron chi connectivity index (χ0n) is 7.54. The minimum atomic E-state index is -0.548. The maximum atomic E-state index is 10.8. The minimum Gasteiger partial charge on any atom is -0.364 e. The number of hydrogen-bond donors (Lipinski definition) is 2. The lowest BCUT2D eigenvalue weighted by Crippen LogP contribution is -2.11. The van der Waals surface area contributed by atoms with Gasteiger partial charge in [0.15, 0.2) is 5.13 Å². The molecule has 0 radical (unpaired) electrons. The van der Waals surface area contributed by atoms with Gasteiger partial charge in [-0.1, -0.05) is 0 Å². The van der Waals surface area contributed by atoms with Gasteiger partial charge in [-0.2, -0.15) is 0 Å². The van der Waals surface area contributed by atoms with Crippen molar-refractivity contribution in [2.45, 2.75) is 0 Å². The predicted octanol–water partition coefficient (Wildman–Crippen LogP) is 0.776. The standard InChI is InChI=1S/C8H7N5OS/c9-6(14)5-4-15-8(12-5)13-7-10-2-1-3-11-7/h1-4H,(H2,9,14)(H,10,11,12,13). The van der Waals surface area contributed by atoms with Crippen LogP contribution in [0.2, 0.25) is 0 Å². The van der Waals surface area contributed by atoms with Gasteiger partial charge in [0.1, 0.15) is 5.69 Å². The molecule has 2 rings (SSSR count). The fourth-order valence-corrected chi connectivity index (χ4v) is 1.60. The van der Waals surface area contributed by atoms with E-state index in [1.165, 1.54) is 11.3 Å². The van der Waals surface area contributed by atoms with Crippen LogP contribution in [0.15, 0.2) is 23.8 Å². The lowest BCUT2D eigenvalue weighted by atomic mass is 10.5. The van der Waals surface area contributed by atoms with Crippen molar-refractivity contribution in [2.75, 3.05) is 5.32 Å². The third-order valence-electron chi connectivity index (χ3n) is 1.54. The van der Waals surface area contributed by atoms with E-state index in [1.807, 2.05) is 0 Å². The molecule has 0 saturated carbocycles. The molecule has 6 nitrogen and oxygen atoms in total. The molecule has 0 bridgehead atoms. The van der Waals surface area contributed by atoms with Crippen molar-refractivity contribution in [3.8, 4) is 0 Å². The number of nitrogens with zero attached hydrogens (tertiary/aromatic N) is 3. The highest BCUT2D eigenvalue weighted by atomic mass is 32.1. The molecule has 7 heteroatoms. The molecule has 0 saturated heterocycles. The second-order valence-corrected chi connectivity index (χ2v) is 3.46. The summed E-state index contributed by atoms with van der Waals surface area (Å²) in [6, 6.07) is 1.71. The SMILES string of the molecule is NC(=O)c1csc(Nc2ncccn2)n1. The van der Waals surface area contributed by atoms with E-state index in [0.717, 1.165) is 0 Å². The Morgan fingerprint density at radius 3 is 2.73 bits per heavy atom. The van der Waals surface area contributed by atoms with Crippen LogP contribution in [0.1, 0.15) is 10.5 Å². The predicted molar refractivity (Wildman–Crippen MR) is 55.9 cm³/mol. The number of anilines is 2. The Labute approximate surface area is 89.2 Å². The fraction of sp³-hybridized carbons (Fsp3) is 0. The van der Waals surface area contributed by atoms with Crippen LogP contribution in [0, 0.1) is 0 Å². The molecule has 76 valence electrons. The van der Waals surface area contributed by atoms with Crippen LogP contribution in [-0.4, -0.2) is 20.9 Å². The monoisotopic (exact) mass is 221 g/mol. The van der Waals surface area contributed by atoms with E-state index in [-0.39, 0.29) is 5.69 Å². The summed E-state index contributed by atoms with van der Waals surface area (Å²) < 4.78 is 0. The molecule has 1 amide bonds. The van der Waals surface area contributed by atoms with Crippen molar-refractivity contribution in [3.05, 3.63) is 29.5 Å². The summed E-state index contributed by atoms with van der Waals surface area (Å²) in [5.41, 5.74) is 5.30. The van der Waals surface area contributed by atoms with Crippen molar-refractivity contribution in [2.24, 2.45) is 5.73 Å². The van der Waals surface area contributed by atoms with Crippen molar-refractivity contribution >= 4 is 28.3 Å². The molecule has 0 aliphatic rings. The first-order valence-corrected chi connectivity index (χ1v) is 4.93. The smallest absolute Gasteiger partial charge is 0.268 e. The van der Waals surface area contributed by atoms with Gasteiger partial charge in [0, 0.05) is 17.8 Å². The Balaban J connectivity index is 2.15. The summed E-state index contributed by atoms with van der Waals surface area (Å²) in [5.74, 6) is -0.115. The number of nitrogens with two attached hydrogens (primary N) is 1. The molecular formula is C8H7N5OS. The first-order valence-electron chi connectivity index (χ1n) is 4.05. The van der Waals surface area contributed by atoms with Crippen LogP contribution in [0.5, 0.6) is 0 Å². The van der Waals surface area contributed by atoms with Crippen molar-refractivity contribution < 1.29 is 4.79 Å². The Kier molecular flexibility index (Phi) is 2.55. The number of carbonyl (C=O) groups is 1. The molecule has 0 aromatic carbocycles. The average molecular weight is 221 g/mol. The van der Waals surface area contributed by atoms with E-state index < -0.39 is 5.91 Å². The van der Waals surface area contributed by atoms with Crippen LogP contribution in [0.25, 0.3) is 0 Å².